The molecule has 1 aromatic rings. The Bertz CT molecular complexity index is 299. The summed E-state index contributed by atoms with van der Waals surface area (Å²) in [5, 5.41) is 0. The van der Waals surface area contributed by atoms with Crippen LogP contribution in [0.4, 0.5) is 0 Å². The molecule has 2 heterocycles. The normalized spacial score (nSPS) is 27.1. The van der Waals surface area contributed by atoms with Crippen LogP contribution in [0.5, 0.6) is 0 Å². The summed E-state index contributed by atoms with van der Waals surface area (Å²) >= 11 is 0. The summed E-state index contributed by atoms with van der Waals surface area (Å²) < 4.78 is 0. The molecule has 3 nitrogen and oxygen atoms in total. The van der Waals surface area contributed by atoms with Crippen molar-refractivity contribution in [3.63, 3.8) is 0 Å². The van der Waals surface area contributed by atoms with Gasteiger partial charge in [-0.2, -0.15) is 0 Å². The Balaban J connectivity index is 1.96. The highest BCUT2D eigenvalue weighted by molar-refractivity contribution is 5.08. The molecule has 1 aromatic heterocycles. The molecule has 0 saturated carbocycles. The van der Waals surface area contributed by atoms with Crippen LogP contribution < -0.4 is 5.73 Å². The van der Waals surface area contributed by atoms with Crippen LogP contribution in [-0.4, -0.2) is 29.0 Å². The van der Waals surface area contributed by atoms with Gasteiger partial charge in [0.15, 0.2) is 0 Å². The van der Waals surface area contributed by atoms with E-state index in [4.69, 9.17) is 5.73 Å². The molecule has 1 fully saturated rings. The molecule has 1 aliphatic rings. The maximum atomic E-state index is 5.71. The van der Waals surface area contributed by atoms with Crippen molar-refractivity contribution < 1.29 is 0 Å². The van der Waals surface area contributed by atoms with E-state index in [1.807, 2.05) is 18.5 Å². The number of likely N-dealkylation sites (tertiary alicyclic amines) is 1. The highest BCUT2D eigenvalue weighted by Crippen LogP contribution is 2.23. The Morgan fingerprint density at radius 1 is 1.60 bits per heavy atom. The third-order valence-electron chi connectivity index (χ3n) is 3.23. The molecule has 15 heavy (non-hydrogen) atoms. The lowest BCUT2D eigenvalue weighted by atomic mass is 10.1. The Kier molecular flexibility index (Phi) is 3.34. The van der Waals surface area contributed by atoms with E-state index in [2.05, 4.69) is 22.9 Å². The monoisotopic (exact) mass is 205 g/mol. The molecule has 3 heteroatoms. The first-order chi connectivity index (χ1) is 7.29. The Morgan fingerprint density at radius 3 is 3.07 bits per heavy atom. The van der Waals surface area contributed by atoms with Gasteiger partial charge in [0.05, 0.1) is 0 Å². The summed E-state index contributed by atoms with van der Waals surface area (Å²) in [7, 11) is 0. The fourth-order valence-electron chi connectivity index (χ4n) is 2.33. The molecular weight excluding hydrogens is 186 g/mol. The molecule has 0 aliphatic carbocycles. The predicted molar refractivity (Wildman–Crippen MR) is 61.3 cm³/mol. The van der Waals surface area contributed by atoms with Gasteiger partial charge in [0.25, 0.3) is 0 Å². The first-order valence-corrected chi connectivity index (χ1v) is 5.62. The minimum atomic E-state index is 0.652. The largest absolute Gasteiger partial charge is 0.330 e. The van der Waals surface area contributed by atoms with Crippen molar-refractivity contribution in [1.82, 2.24) is 9.88 Å². The van der Waals surface area contributed by atoms with Crippen molar-refractivity contribution in [3.8, 4) is 0 Å². The number of rotatable bonds is 3. The van der Waals surface area contributed by atoms with Crippen LogP contribution in [0.3, 0.4) is 0 Å². The van der Waals surface area contributed by atoms with Crippen molar-refractivity contribution in [2.75, 3.05) is 13.1 Å². The second-order valence-corrected chi connectivity index (χ2v) is 4.48. The maximum Gasteiger partial charge on any atom is 0.0312 e. The molecule has 0 spiro atoms. The second kappa shape index (κ2) is 4.73. The summed E-state index contributed by atoms with van der Waals surface area (Å²) in [6.45, 7) is 5.23. The fraction of sp³-hybridized carbons (Fsp3) is 0.583. The van der Waals surface area contributed by atoms with Crippen LogP contribution >= 0.6 is 0 Å². The van der Waals surface area contributed by atoms with Crippen molar-refractivity contribution >= 4 is 0 Å². The Morgan fingerprint density at radius 2 is 2.47 bits per heavy atom. The van der Waals surface area contributed by atoms with Crippen molar-refractivity contribution in [3.05, 3.63) is 30.1 Å². The number of pyridine rings is 1. The van der Waals surface area contributed by atoms with Gasteiger partial charge in [-0.1, -0.05) is 6.07 Å². The van der Waals surface area contributed by atoms with E-state index in [-0.39, 0.29) is 0 Å². The maximum absolute atomic E-state index is 5.71. The van der Waals surface area contributed by atoms with Gasteiger partial charge < -0.3 is 5.73 Å². The van der Waals surface area contributed by atoms with Crippen LogP contribution in [0.2, 0.25) is 0 Å². The smallest absolute Gasteiger partial charge is 0.0312 e. The molecule has 0 amide bonds. The average Bonchev–Trinajstić information content (AvgIpc) is 2.61. The van der Waals surface area contributed by atoms with Crippen LogP contribution in [0.15, 0.2) is 24.5 Å². The molecule has 0 aromatic carbocycles. The van der Waals surface area contributed by atoms with Gasteiger partial charge in [0, 0.05) is 31.5 Å². The molecule has 82 valence electrons. The molecule has 2 atom stereocenters. The number of aromatic nitrogens is 1. The van der Waals surface area contributed by atoms with E-state index >= 15 is 0 Å². The molecule has 1 aliphatic heterocycles. The van der Waals surface area contributed by atoms with E-state index in [9.17, 15) is 0 Å². The van der Waals surface area contributed by atoms with Gasteiger partial charge in [0.2, 0.25) is 0 Å². The minimum absolute atomic E-state index is 0.652. The third kappa shape index (κ3) is 2.55. The van der Waals surface area contributed by atoms with Gasteiger partial charge in [-0.05, 0) is 37.4 Å². The molecule has 2 N–H and O–H groups in total. The van der Waals surface area contributed by atoms with Crippen LogP contribution in [-0.2, 0) is 6.54 Å². The lowest BCUT2D eigenvalue weighted by molar-refractivity contribution is 0.255. The molecule has 0 radical (unpaired) electrons. The first kappa shape index (κ1) is 10.6. The summed E-state index contributed by atoms with van der Waals surface area (Å²) in [4.78, 5) is 6.63. The van der Waals surface area contributed by atoms with Crippen molar-refractivity contribution in [1.29, 1.82) is 0 Å². The summed E-state index contributed by atoms with van der Waals surface area (Å²) in [5.41, 5.74) is 7.01. The van der Waals surface area contributed by atoms with E-state index in [1.54, 1.807) is 0 Å². The zero-order chi connectivity index (χ0) is 10.7. The average molecular weight is 205 g/mol. The van der Waals surface area contributed by atoms with E-state index < -0.39 is 0 Å². The predicted octanol–water partition coefficient (Wildman–Crippen LogP) is 1.25. The molecule has 2 rings (SSSR count). The van der Waals surface area contributed by atoms with Gasteiger partial charge in [0.1, 0.15) is 0 Å². The van der Waals surface area contributed by atoms with E-state index in [0.717, 1.165) is 19.6 Å². The highest BCUT2D eigenvalue weighted by Gasteiger charge is 2.27. The topological polar surface area (TPSA) is 42.1 Å². The SMILES string of the molecule is CC1CC(CN)CN1Cc1cccnc1. The van der Waals surface area contributed by atoms with E-state index in [1.165, 1.54) is 12.0 Å². The molecule has 2 unspecified atom stereocenters. The van der Waals surface area contributed by atoms with Gasteiger partial charge >= 0.3 is 0 Å². The van der Waals surface area contributed by atoms with Gasteiger partial charge in [-0.3, -0.25) is 9.88 Å². The van der Waals surface area contributed by atoms with Crippen LogP contribution in [0.25, 0.3) is 0 Å². The lowest BCUT2D eigenvalue weighted by Gasteiger charge is -2.20. The summed E-state index contributed by atoms with van der Waals surface area (Å²) in [6, 6.07) is 4.78. The Hall–Kier alpha value is -0.930. The number of hydrogen-bond donors (Lipinski definition) is 1. The van der Waals surface area contributed by atoms with Crippen molar-refractivity contribution in [2.24, 2.45) is 11.7 Å². The summed E-state index contributed by atoms with van der Waals surface area (Å²) in [5.74, 6) is 0.677. The second-order valence-electron chi connectivity index (χ2n) is 4.48. The van der Waals surface area contributed by atoms with Crippen LogP contribution in [0, 0.1) is 5.92 Å². The fourth-order valence-corrected chi connectivity index (χ4v) is 2.33. The van der Waals surface area contributed by atoms with Gasteiger partial charge in [-0.15, -0.1) is 0 Å². The lowest BCUT2D eigenvalue weighted by Crippen LogP contribution is -2.27. The van der Waals surface area contributed by atoms with E-state index in [0.29, 0.717) is 12.0 Å². The number of nitrogens with two attached hydrogens (primary N) is 1. The van der Waals surface area contributed by atoms with Gasteiger partial charge in [-0.25, -0.2) is 0 Å². The summed E-state index contributed by atoms with van der Waals surface area (Å²) in [6.07, 6.45) is 5.00. The first-order valence-electron chi connectivity index (χ1n) is 5.62. The molecule has 1 saturated heterocycles. The molecule has 0 bridgehead atoms. The van der Waals surface area contributed by atoms with Crippen LogP contribution in [0.1, 0.15) is 18.9 Å². The standard InChI is InChI=1S/C12H19N3/c1-10-5-12(6-13)9-15(10)8-11-3-2-4-14-7-11/h2-4,7,10,12H,5-6,8-9,13H2,1H3. The number of nitrogens with zero attached hydrogens (tertiary/aromatic N) is 2. The molecular formula is C12H19N3. The minimum Gasteiger partial charge on any atom is -0.330 e. The zero-order valence-electron chi connectivity index (χ0n) is 9.26. The van der Waals surface area contributed by atoms with Crippen molar-refractivity contribution in [2.45, 2.75) is 25.9 Å². The zero-order valence-corrected chi connectivity index (χ0v) is 9.26. The Labute approximate surface area is 91.3 Å². The number of hydrogen-bond acceptors (Lipinski definition) is 3. The highest BCUT2D eigenvalue weighted by atomic mass is 15.2. The quantitative estimate of drug-likeness (QED) is 0.807. The third-order valence-corrected chi connectivity index (χ3v) is 3.23.